The van der Waals surface area contributed by atoms with Gasteiger partial charge >= 0.3 is 11.9 Å². The van der Waals surface area contributed by atoms with Crippen LogP contribution in [0.25, 0.3) is 0 Å². The molecule has 4 N–H and O–H groups in total. The molecule has 6 atom stereocenters. The summed E-state index contributed by atoms with van der Waals surface area (Å²) in [5.41, 5.74) is 0. The van der Waals surface area contributed by atoms with Crippen molar-refractivity contribution in [3.8, 4) is 0 Å². The van der Waals surface area contributed by atoms with Gasteiger partial charge in [0.1, 0.15) is 36.8 Å². The van der Waals surface area contributed by atoms with Crippen LogP contribution in [0.1, 0.15) is 213 Å². The highest BCUT2D eigenvalue weighted by Gasteiger charge is 2.46. The van der Waals surface area contributed by atoms with E-state index >= 15 is 0 Å². The summed E-state index contributed by atoms with van der Waals surface area (Å²) >= 11 is 0. The van der Waals surface area contributed by atoms with E-state index in [1.807, 2.05) is 0 Å². The zero-order valence-corrected chi connectivity index (χ0v) is 39.1. The third kappa shape index (κ3) is 33.3. The molecule has 13 heteroatoms. The molecule has 1 aliphatic heterocycles. The van der Waals surface area contributed by atoms with Crippen molar-refractivity contribution in [3.63, 3.8) is 0 Å². The lowest BCUT2D eigenvalue weighted by molar-refractivity contribution is -0.297. The number of allylic oxidation sites excluding steroid dienone is 4. The summed E-state index contributed by atoms with van der Waals surface area (Å²) in [5, 5.41) is 30.9. The maximum Gasteiger partial charge on any atom is 0.306 e. The quantitative estimate of drug-likeness (QED) is 0.0197. The van der Waals surface area contributed by atoms with Crippen molar-refractivity contribution in [1.82, 2.24) is 0 Å². The third-order valence-corrected chi connectivity index (χ3v) is 12.0. The molecule has 2 unspecified atom stereocenters. The Balaban J connectivity index is 2.36. The van der Waals surface area contributed by atoms with Crippen molar-refractivity contribution < 1.29 is 56.8 Å². The zero-order chi connectivity index (χ0) is 44.8. The molecule has 0 amide bonds. The molecular formula is C48H88O12S. The molecule has 0 radical (unpaired) electrons. The molecule has 0 spiro atoms. The summed E-state index contributed by atoms with van der Waals surface area (Å²) in [6.45, 7) is 3.74. The number of esters is 2. The van der Waals surface area contributed by atoms with Crippen LogP contribution in [0, 0.1) is 0 Å². The number of hydrogen-bond donors (Lipinski definition) is 4. The van der Waals surface area contributed by atoms with Crippen LogP contribution in [-0.2, 0) is 38.7 Å². The Morgan fingerprint density at radius 2 is 0.934 bits per heavy atom. The molecule has 12 nitrogen and oxygen atoms in total. The fourth-order valence-electron chi connectivity index (χ4n) is 7.43. The predicted octanol–water partition coefficient (Wildman–Crippen LogP) is 10.4. The van der Waals surface area contributed by atoms with E-state index in [0.29, 0.717) is 12.8 Å². The van der Waals surface area contributed by atoms with Crippen molar-refractivity contribution in [2.75, 3.05) is 19.0 Å². The fraction of sp³-hybridized carbons (Fsp3) is 0.875. The lowest BCUT2D eigenvalue weighted by atomic mass is 10.00. The first kappa shape index (κ1) is 57.1. The second kappa shape index (κ2) is 38.6. The van der Waals surface area contributed by atoms with Gasteiger partial charge in [0.15, 0.2) is 12.4 Å². The second-order valence-electron chi connectivity index (χ2n) is 17.1. The van der Waals surface area contributed by atoms with E-state index < -0.39 is 71.2 Å². The zero-order valence-electron chi connectivity index (χ0n) is 38.3. The third-order valence-electron chi connectivity index (χ3n) is 11.3. The van der Waals surface area contributed by atoms with E-state index in [2.05, 4.69) is 38.2 Å². The summed E-state index contributed by atoms with van der Waals surface area (Å²) in [6.07, 6.45) is 33.7. The molecule has 0 aromatic rings. The van der Waals surface area contributed by atoms with Crippen molar-refractivity contribution in [3.05, 3.63) is 24.3 Å². The Morgan fingerprint density at radius 1 is 0.541 bits per heavy atom. The van der Waals surface area contributed by atoms with Crippen LogP contribution < -0.4 is 0 Å². The minimum Gasteiger partial charge on any atom is -0.462 e. The van der Waals surface area contributed by atoms with E-state index in [-0.39, 0.29) is 19.4 Å². The topological polar surface area (TPSA) is 186 Å². The number of carbonyl (C=O) groups excluding carboxylic acids is 2. The minimum absolute atomic E-state index is 0.156. The van der Waals surface area contributed by atoms with Crippen LogP contribution in [-0.4, -0.2) is 96.0 Å². The molecule has 1 saturated heterocycles. The monoisotopic (exact) mass is 889 g/mol. The van der Waals surface area contributed by atoms with E-state index in [0.717, 1.165) is 57.8 Å². The Hall–Kier alpha value is -1.87. The summed E-state index contributed by atoms with van der Waals surface area (Å²) in [6, 6.07) is 0. The van der Waals surface area contributed by atoms with Crippen LogP contribution in [0.2, 0.25) is 0 Å². The van der Waals surface area contributed by atoms with Gasteiger partial charge in [-0.25, -0.2) is 0 Å². The second-order valence-corrected chi connectivity index (χ2v) is 18.6. The van der Waals surface area contributed by atoms with Gasteiger partial charge in [-0.2, -0.15) is 8.42 Å². The number of rotatable bonds is 41. The van der Waals surface area contributed by atoms with Gasteiger partial charge in [-0.3, -0.25) is 14.1 Å². The Labute approximate surface area is 370 Å². The van der Waals surface area contributed by atoms with Gasteiger partial charge in [0, 0.05) is 12.8 Å². The predicted molar refractivity (Wildman–Crippen MR) is 243 cm³/mol. The molecule has 0 bridgehead atoms. The van der Waals surface area contributed by atoms with Crippen molar-refractivity contribution in [2.45, 2.75) is 250 Å². The summed E-state index contributed by atoms with van der Waals surface area (Å²) in [5.74, 6) is -1.99. The first-order valence-electron chi connectivity index (χ1n) is 24.4. The molecule has 1 heterocycles. The summed E-state index contributed by atoms with van der Waals surface area (Å²) in [7, 11) is -4.60. The average Bonchev–Trinajstić information content (AvgIpc) is 3.22. The van der Waals surface area contributed by atoms with Gasteiger partial charge in [0.2, 0.25) is 0 Å². The van der Waals surface area contributed by atoms with Crippen LogP contribution in [0.5, 0.6) is 0 Å². The SMILES string of the molecule is CCCCC/C=C/CCCCCCCC(=O)O[C@H](COC(=O)CCCCCCCCCCCCC/C=C/CCCCCCCC)CO[C@H]1O[C@H](CS(=O)(=O)O)[C@@H](O)C(O)C1O. The van der Waals surface area contributed by atoms with Gasteiger partial charge in [-0.05, 0) is 64.2 Å². The van der Waals surface area contributed by atoms with Crippen LogP contribution in [0.4, 0.5) is 0 Å². The van der Waals surface area contributed by atoms with Crippen LogP contribution >= 0.6 is 0 Å². The maximum absolute atomic E-state index is 12.8. The minimum atomic E-state index is -4.60. The maximum atomic E-state index is 12.8. The van der Waals surface area contributed by atoms with E-state index in [1.54, 1.807) is 0 Å². The molecule has 0 saturated carbocycles. The number of unbranched alkanes of at least 4 members (excludes halogenated alkanes) is 25. The fourth-order valence-corrected chi connectivity index (χ4v) is 8.12. The number of carbonyl (C=O) groups is 2. The number of aliphatic hydroxyl groups is 3. The van der Waals surface area contributed by atoms with E-state index in [9.17, 15) is 37.9 Å². The molecule has 0 aliphatic carbocycles. The highest BCUT2D eigenvalue weighted by atomic mass is 32.2. The Morgan fingerprint density at radius 3 is 1.39 bits per heavy atom. The van der Waals surface area contributed by atoms with Crippen LogP contribution in [0.3, 0.4) is 0 Å². The summed E-state index contributed by atoms with van der Waals surface area (Å²) in [4.78, 5) is 25.4. The van der Waals surface area contributed by atoms with Gasteiger partial charge < -0.3 is 34.3 Å². The largest absolute Gasteiger partial charge is 0.462 e. The van der Waals surface area contributed by atoms with Crippen molar-refractivity contribution in [1.29, 1.82) is 0 Å². The first-order chi connectivity index (χ1) is 29.5. The highest BCUT2D eigenvalue weighted by molar-refractivity contribution is 7.85. The normalized spacial score (nSPS) is 20.1. The molecule has 1 rings (SSSR count). The van der Waals surface area contributed by atoms with E-state index in [4.69, 9.17) is 18.9 Å². The molecule has 0 aromatic heterocycles. The molecule has 1 aliphatic rings. The van der Waals surface area contributed by atoms with Gasteiger partial charge in [-0.15, -0.1) is 0 Å². The molecule has 1 fully saturated rings. The standard InChI is InChI=1S/C48H88O12S/c1-3-5-7-9-11-13-15-17-18-19-20-21-22-23-24-25-27-28-30-32-34-36-43(49)57-38-41(39-58-48-47(53)46(52)45(51)42(60-48)40-61(54,55)56)59-44(50)37-35-33-31-29-26-16-14-12-10-8-6-4-2/h12,14,17-18,41-42,45-48,51-53H,3-11,13,15-16,19-40H2,1-2H3,(H,54,55,56)/b14-12+,18-17+/t41-,42-,45-,46?,47?,48+/m1/s1. The highest BCUT2D eigenvalue weighted by Crippen LogP contribution is 2.24. The Kier molecular flexibility index (Phi) is 36.1. The van der Waals surface area contributed by atoms with Gasteiger partial charge in [0.25, 0.3) is 10.1 Å². The van der Waals surface area contributed by atoms with Crippen molar-refractivity contribution in [2.24, 2.45) is 0 Å². The summed E-state index contributed by atoms with van der Waals surface area (Å²) < 4.78 is 54.1. The van der Waals surface area contributed by atoms with E-state index in [1.165, 1.54) is 116 Å². The van der Waals surface area contributed by atoms with Gasteiger partial charge in [-0.1, -0.05) is 160 Å². The lowest BCUT2D eigenvalue weighted by Crippen LogP contribution is -2.60. The molecule has 61 heavy (non-hydrogen) atoms. The lowest BCUT2D eigenvalue weighted by Gasteiger charge is -2.40. The number of aliphatic hydroxyl groups excluding tert-OH is 3. The Bertz CT molecular complexity index is 1220. The van der Waals surface area contributed by atoms with Crippen molar-refractivity contribution >= 4 is 22.1 Å². The number of ether oxygens (including phenoxy) is 4. The average molecular weight is 889 g/mol. The van der Waals surface area contributed by atoms with Crippen LogP contribution in [0.15, 0.2) is 24.3 Å². The molecule has 0 aromatic carbocycles. The van der Waals surface area contributed by atoms with Gasteiger partial charge in [0.05, 0.1) is 6.61 Å². The molecular weight excluding hydrogens is 801 g/mol. The smallest absolute Gasteiger partial charge is 0.306 e. The first-order valence-corrected chi connectivity index (χ1v) is 26.0. The molecule has 358 valence electrons. The number of hydrogen-bond acceptors (Lipinski definition) is 11.